The zero-order valence-electron chi connectivity index (χ0n) is 12.4. The number of ether oxygens (including phenoxy) is 1. The maximum atomic E-state index is 12.1. The van der Waals surface area contributed by atoms with E-state index >= 15 is 0 Å². The van der Waals surface area contributed by atoms with Gasteiger partial charge in [-0.2, -0.15) is 30.6 Å². The van der Waals surface area contributed by atoms with E-state index in [9.17, 15) is 21.6 Å². The quantitative estimate of drug-likeness (QED) is 0.765. The van der Waals surface area contributed by atoms with Gasteiger partial charge in [0.1, 0.15) is 6.54 Å². The van der Waals surface area contributed by atoms with Crippen molar-refractivity contribution in [2.75, 3.05) is 39.9 Å². The number of nitrogens with zero attached hydrogens (tertiary/aromatic N) is 2. The molecule has 1 saturated heterocycles. The van der Waals surface area contributed by atoms with Gasteiger partial charge >= 0.3 is 6.18 Å². The Bertz CT molecular complexity index is 418. The smallest absolute Gasteiger partial charge is 0.383 e. The molecule has 0 amide bonds. The topological polar surface area (TPSA) is 61.9 Å². The lowest BCUT2D eigenvalue weighted by Crippen LogP contribution is -2.60. The molecule has 21 heavy (non-hydrogen) atoms. The summed E-state index contributed by atoms with van der Waals surface area (Å²) in [5, 5.41) is 0. The van der Waals surface area contributed by atoms with Crippen LogP contribution in [0.15, 0.2) is 0 Å². The summed E-state index contributed by atoms with van der Waals surface area (Å²) >= 11 is 0. The SMILES string of the molecule is COCCN1C(C)CN(S(=O)(=O)NCC(F)(F)F)CC1C. The van der Waals surface area contributed by atoms with E-state index in [4.69, 9.17) is 4.74 Å². The molecule has 0 aromatic carbocycles. The van der Waals surface area contributed by atoms with Crippen molar-refractivity contribution in [2.24, 2.45) is 0 Å². The Labute approximate surface area is 123 Å². The highest BCUT2D eigenvalue weighted by Gasteiger charge is 2.37. The Kier molecular flexibility index (Phi) is 6.41. The van der Waals surface area contributed by atoms with Crippen molar-refractivity contribution < 1.29 is 26.3 Å². The number of piperazine rings is 1. The fourth-order valence-corrected chi connectivity index (χ4v) is 3.76. The molecule has 126 valence electrons. The van der Waals surface area contributed by atoms with Crippen molar-refractivity contribution in [2.45, 2.75) is 32.1 Å². The first kappa shape index (κ1) is 18.6. The molecule has 0 aliphatic carbocycles. The summed E-state index contributed by atoms with van der Waals surface area (Å²) in [6, 6.07) is -0.183. The third-order valence-electron chi connectivity index (χ3n) is 3.42. The van der Waals surface area contributed by atoms with Gasteiger partial charge in [-0.1, -0.05) is 0 Å². The second kappa shape index (κ2) is 7.23. The van der Waals surface area contributed by atoms with Crippen molar-refractivity contribution in [1.82, 2.24) is 13.9 Å². The maximum absolute atomic E-state index is 12.1. The third kappa shape index (κ3) is 5.70. The third-order valence-corrected chi connectivity index (χ3v) is 4.90. The summed E-state index contributed by atoms with van der Waals surface area (Å²) in [6.07, 6.45) is -4.56. The van der Waals surface area contributed by atoms with Gasteiger partial charge < -0.3 is 4.74 Å². The molecule has 0 radical (unpaired) electrons. The Balaban J connectivity index is 2.66. The molecule has 0 aromatic rings. The second-order valence-corrected chi connectivity index (χ2v) is 6.94. The summed E-state index contributed by atoms with van der Waals surface area (Å²) < 4.78 is 67.9. The molecule has 1 rings (SSSR count). The molecule has 6 nitrogen and oxygen atoms in total. The molecular formula is C11H22F3N3O3S. The van der Waals surface area contributed by atoms with Crippen LogP contribution in [-0.2, 0) is 14.9 Å². The molecule has 1 fully saturated rings. The maximum Gasteiger partial charge on any atom is 0.402 e. The first-order chi connectivity index (χ1) is 9.57. The zero-order chi connectivity index (χ0) is 16.3. The number of hydrogen-bond acceptors (Lipinski definition) is 4. The van der Waals surface area contributed by atoms with Crippen LogP contribution in [0.5, 0.6) is 0 Å². The van der Waals surface area contributed by atoms with Gasteiger partial charge in [-0.05, 0) is 13.8 Å². The van der Waals surface area contributed by atoms with Gasteiger partial charge in [-0.15, -0.1) is 0 Å². The number of rotatable bonds is 6. The number of hydrogen-bond donors (Lipinski definition) is 1. The van der Waals surface area contributed by atoms with Crippen LogP contribution in [-0.4, -0.2) is 75.8 Å². The second-order valence-electron chi connectivity index (χ2n) is 5.19. The number of alkyl halides is 3. The average Bonchev–Trinajstić information content (AvgIpc) is 2.35. The number of nitrogens with one attached hydrogen (secondary N) is 1. The number of halogens is 3. The summed E-state index contributed by atoms with van der Waals surface area (Å²) in [5.41, 5.74) is 0. The molecule has 0 spiro atoms. The van der Waals surface area contributed by atoms with Gasteiger partial charge in [0.05, 0.1) is 6.61 Å². The standard InChI is InChI=1S/C11H22F3N3O3S/c1-9-6-16(7-10(2)17(9)4-5-20-3)21(18,19)15-8-11(12,13)14/h9-10,15H,4-8H2,1-3H3. The van der Waals surface area contributed by atoms with E-state index in [-0.39, 0.29) is 25.2 Å². The summed E-state index contributed by atoms with van der Waals surface area (Å²) in [6.45, 7) is 3.62. The highest BCUT2D eigenvalue weighted by molar-refractivity contribution is 7.87. The van der Waals surface area contributed by atoms with Gasteiger partial charge in [-0.3, -0.25) is 4.90 Å². The Morgan fingerprint density at radius 1 is 1.24 bits per heavy atom. The lowest BCUT2D eigenvalue weighted by Gasteiger charge is -2.43. The molecular weight excluding hydrogens is 311 g/mol. The van der Waals surface area contributed by atoms with E-state index in [0.717, 1.165) is 4.31 Å². The Morgan fingerprint density at radius 3 is 2.19 bits per heavy atom. The fourth-order valence-electron chi connectivity index (χ4n) is 2.41. The summed E-state index contributed by atoms with van der Waals surface area (Å²) in [7, 11) is -2.54. The highest BCUT2D eigenvalue weighted by atomic mass is 32.2. The first-order valence-corrected chi connectivity index (χ1v) is 8.07. The van der Waals surface area contributed by atoms with Crippen molar-refractivity contribution >= 4 is 10.2 Å². The molecule has 0 aromatic heterocycles. The van der Waals surface area contributed by atoms with E-state index in [1.165, 1.54) is 0 Å². The normalized spacial score (nSPS) is 26.2. The van der Waals surface area contributed by atoms with E-state index in [1.54, 1.807) is 11.8 Å². The monoisotopic (exact) mass is 333 g/mol. The van der Waals surface area contributed by atoms with E-state index in [1.807, 2.05) is 13.8 Å². The minimum atomic E-state index is -4.56. The van der Waals surface area contributed by atoms with Crippen LogP contribution in [0, 0.1) is 0 Å². The van der Waals surface area contributed by atoms with Crippen molar-refractivity contribution in [3.8, 4) is 0 Å². The lowest BCUT2D eigenvalue weighted by atomic mass is 10.1. The molecule has 1 aliphatic rings. The van der Waals surface area contributed by atoms with Crippen LogP contribution >= 0.6 is 0 Å². The van der Waals surface area contributed by atoms with Crippen LogP contribution in [0.3, 0.4) is 0 Å². The lowest BCUT2D eigenvalue weighted by molar-refractivity contribution is -0.121. The van der Waals surface area contributed by atoms with Gasteiger partial charge in [0.25, 0.3) is 10.2 Å². The van der Waals surface area contributed by atoms with Crippen LogP contribution in [0.1, 0.15) is 13.8 Å². The molecule has 0 saturated carbocycles. The predicted octanol–water partition coefficient (Wildman–Crippen LogP) is 0.424. The molecule has 1 heterocycles. The Hall–Kier alpha value is -0.420. The first-order valence-electron chi connectivity index (χ1n) is 6.63. The molecule has 2 atom stereocenters. The summed E-state index contributed by atoms with van der Waals surface area (Å²) in [4.78, 5) is 2.08. The number of methoxy groups -OCH3 is 1. The fraction of sp³-hybridized carbons (Fsp3) is 1.00. The minimum absolute atomic E-state index is 0.0913. The van der Waals surface area contributed by atoms with Gasteiger partial charge in [-0.25, -0.2) is 0 Å². The van der Waals surface area contributed by atoms with Crippen LogP contribution in [0.2, 0.25) is 0 Å². The average molecular weight is 333 g/mol. The van der Waals surface area contributed by atoms with Crippen molar-refractivity contribution in [3.63, 3.8) is 0 Å². The van der Waals surface area contributed by atoms with Crippen LogP contribution in [0.4, 0.5) is 13.2 Å². The minimum Gasteiger partial charge on any atom is -0.383 e. The summed E-state index contributed by atoms with van der Waals surface area (Å²) in [5.74, 6) is 0. The Morgan fingerprint density at radius 2 is 1.76 bits per heavy atom. The van der Waals surface area contributed by atoms with Gasteiger partial charge in [0, 0.05) is 38.8 Å². The van der Waals surface area contributed by atoms with Crippen LogP contribution in [0.25, 0.3) is 0 Å². The van der Waals surface area contributed by atoms with E-state index in [0.29, 0.717) is 13.2 Å². The van der Waals surface area contributed by atoms with Crippen molar-refractivity contribution in [3.05, 3.63) is 0 Å². The highest BCUT2D eigenvalue weighted by Crippen LogP contribution is 2.19. The zero-order valence-corrected chi connectivity index (χ0v) is 13.2. The molecule has 2 unspecified atom stereocenters. The largest absolute Gasteiger partial charge is 0.402 e. The van der Waals surface area contributed by atoms with E-state index in [2.05, 4.69) is 4.90 Å². The van der Waals surface area contributed by atoms with Gasteiger partial charge in [0.2, 0.25) is 0 Å². The van der Waals surface area contributed by atoms with E-state index < -0.39 is 22.9 Å². The molecule has 10 heteroatoms. The van der Waals surface area contributed by atoms with Gasteiger partial charge in [0.15, 0.2) is 0 Å². The molecule has 1 aliphatic heterocycles. The van der Waals surface area contributed by atoms with Crippen LogP contribution < -0.4 is 4.72 Å². The van der Waals surface area contributed by atoms with Crippen molar-refractivity contribution in [1.29, 1.82) is 0 Å². The predicted molar refractivity (Wildman–Crippen MR) is 72.1 cm³/mol. The molecule has 0 bridgehead atoms. The molecule has 1 N–H and O–H groups in total.